The number of halogens is 3. The molecular weight excluding hydrogens is 523 g/mol. The zero-order chi connectivity index (χ0) is 28.2. The van der Waals surface area contributed by atoms with Gasteiger partial charge in [0.15, 0.2) is 0 Å². The average molecular weight is 546 g/mol. The van der Waals surface area contributed by atoms with Crippen LogP contribution in [0.1, 0.15) is 47.6 Å². The number of nitrogen functional groups attached to an aromatic ring is 1. The smallest absolute Gasteiger partial charge is 0.382 e. The van der Waals surface area contributed by atoms with Crippen molar-refractivity contribution >= 4 is 29.0 Å². The zero-order valence-electron chi connectivity index (χ0n) is 21.1. The molecule has 9 nitrogen and oxygen atoms in total. The molecule has 3 unspecified atom stereocenters. The molecule has 4 aromatic rings. The van der Waals surface area contributed by atoms with Crippen molar-refractivity contribution in [1.29, 1.82) is 0 Å². The summed E-state index contributed by atoms with van der Waals surface area (Å²) in [5.74, 6) is 5.58. The molecule has 1 aromatic carbocycles. The number of nitrogens with one attached hydrogen (secondary N) is 1. The van der Waals surface area contributed by atoms with Gasteiger partial charge in [-0.2, -0.15) is 13.2 Å². The number of pyridine rings is 1. The number of piperidine rings is 1. The number of fused-ring (bicyclic) bond motifs is 2. The molecule has 1 aliphatic carbocycles. The maximum Gasteiger partial charge on any atom is 0.416 e. The normalized spacial score (nSPS) is 19.6. The molecule has 3 aromatic heterocycles. The number of alkyl halides is 3. The number of nitrogens with zero attached hydrogens (tertiary/aromatic N) is 5. The van der Waals surface area contributed by atoms with Crippen molar-refractivity contribution in [2.24, 2.45) is 5.92 Å². The quantitative estimate of drug-likeness (QED) is 0.369. The number of nitrogens with two attached hydrogens (primary N) is 1. The van der Waals surface area contributed by atoms with Crippen LogP contribution in [-0.2, 0) is 11.0 Å². The van der Waals surface area contributed by atoms with Gasteiger partial charge in [-0.05, 0) is 55.9 Å². The Morgan fingerprint density at radius 2 is 1.88 bits per heavy atom. The predicted octanol–water partition coefficient (Wildman–Crippen LogP) is 4.33. The van der Waals surface area contributed by atoms with Gasteiger partial charge in [0.25, 0.3) is 11.8 Å². The van der Waals surface area contributed by atoms with Gasteiger partial charge in [-0.25, -0.2) is 15.0 Å². The van der Waals surface area contributed by atoms with Crippen LogP contribution in [0.5, 0.6) is 0 Å². The third kappa shape index (κ3) is 4.39. The first-order valence-electron chi connectivity index (χ1n) is 12.5. The SMILES string of the molecule is CC#CC(=O)N1C(c2nc(-c3ccc(C(=O)Nc4cc(C(F)(F)F)ccn4)cc3)c3c(N)nccn23)CC2CC21. The standard InChI is InChI=1S/C28H22F3N7O2/c1-2-3-22(39)38-19-12-17(19)13-20(38)26-36-23(24-25(32)34-10-11-37(24)26)15-4-6-16(7-5-15)27(40)35-21-14-18(8-9-33-21)28(29,30)31/h4-11,14,17,19-20H,12-13H2,1H3,(H2,32,34)(H,33,35,40). The van der Waals surface area contributed by atoms with Gasteiger partial charge in [0.05, 0.1) is 11.6 Å². The fourth-order valence-electron chi connectivity index (χ4n) is 5.32. The molecule has 0 radical (unpaired) electrons. The van der Waals surface area contributed by atoms with Gasteiger partial charge < -0.3 is 16.0 Å². The van der Waals surface area contributed by atoms with E-state index < -0.39 is 17.6 Å². The number of hydrogen-bond acceptors (Lipinski definition) is 6. The average Bonchev–Trinajstić information content (AvgIpc) is 3.41. The largest absolute Gasteiger partial charge is 0.416 e. The van der Waals surface area contributed by atoms with Crippen LogP contribution in [0.3, 0.4) is 0 Å². The van der Waals surface area contributed by atoms with E-state index >= 15 is 0 Å². The summed E-state index contributed by atoms with van der Waals surface area (Å²) >= 11 is 0. The van der Waals surface area contributed by atoms with Gasteiger partial charge in [-0.1, -0.05) is 18.1 Å². The maximum absolute atomic E-state index is 13.0. The number of anilines is 2. The van der Waals surface area contributed by atoms with Crippen LogP contribution in [0.25, 0.3) is 16.8 Å². The van der Waals surface area contributed by atoms with E-state index in [1.54, 1.807) is 31.5 Å². The minimum Gasteiger partial charge on any atom is -0.382 e. The summed E-state index contributed by atoms with van der Waals surface area (Å²) in [6, 6.07) is 7.89. The Hall–Kier alpha value is -4.92. The van der Waals surface area contributed by atoms with E-state index in [1.165, 1.54) is 12.1 Å². The Balaban J connectivity index is 1.31. The lowest BCUT2D eigenvalue weighted by atomic mass is 10.1. The van der Waals surface area contributed by atoms with Crippen LogP contribution >= 0.6 is 0 Å². The van der Waals surface area contributed by atoms with Crippen molar-refractivity contribution in [3.8, 4) is 23.1 Å². The summed E-state index contributed by atoms with van der Waals surface area (Å²) in [7, 11) is 0. The number of carbonyl (C=O) groups is 2. The third-order valence-corrected chi connectivity index (χ3v) is 7.23. The number of likely N-dealkylation sites (tertiary alicyclic amines) is 1. The summed E-state index contributed by atoms with van der Waals surface area (Å²) in [5.41, 5.74) is 7.30. The van der Waals surface area contributed by atoms with E-state index in [2.05, 4.69) is 27.1 Å². The molecule has 2 amide bonds. The second-order valence-corrected chi connectivity index (χ2v) is 9.71. The second kappa shape index (κ2) is 9.37. The first-order chi connectivity index (χ1) is 19.2. The maximum atomic E-state index is 13.0. The Bertz CT molecular complexity index is 1720. The van der Waals surface area contributed by atoms with Crippen molar-refractivity contribution < 1.29 is 22.8 Å². The summed E-state index contributed by atoms with van der Waals surface area (Å²) in [5, 5.41) is 2.40. The molecule has 6 rings (SSSR count). The van der Waals surface area contributed by atoms with Crippen LogP contribution in [0.2, 0.25) is 0 Å². The Labute approximate surface area is 226 Å². The number of imidazole rings is 1. The minimum absolute atomic E-state index is 0.150. The molecule has 3 atom stereocenters. The fourth-order valence-corrected chi connectivity index (χ4v) is 5.32. The molecule has 1 aliphatic heterocycles. The Kier molecular flexibility index (Phi) is 5.94. The lowest BCUT2D eigenvalue weighted by molar-refractivity contribution is -0.137. The van der Waals surface area contributed by atoms with Crippen molar-refractivity contribution in [2.45, 2.75) is 38.0 Å². The summed E-state index contributed by atoms with van der Waals surface area (Å²) < 4.78 is 40.9. The molecule has 0 spiro atoms. The Morgan fingerprint density at radius 3 is 2.60 bits per heavy atom. The van der Waals surface area contributed by atoms with Crippen LogP contribution in [0.4, 0.5) is 24.8 Å². The molecule has 2 fully saturated rings. The molecule has 12 heteroatoms. The first-order valence-corrected chi connectivity index (χ1v) is 12.5. The van der Waals surface area contributed by atoms with Crippen LogP contribution < -0.4 is 11.1 Å². The van der Waals surface area contributed by atoms with E-state index in [0.29, 0.717) is 28.5 Å². The minimum atomic E-state index is -4.56. The monoisotopic (exact) mass is 545 g/mol. The van der Waals surface area contributed by atoms with E-state index in [-0.39, 0.29) is 35.2 Å². The van der Waals surface area contributed by atoms with Crippen molar-refractivity contribution in [3.63, 3.8) is 0 Å². The highest BCUT2D eigenvalue weighted by Crippen LogP contribution is 2.53. The molecule has 0 bridgehead atoms. The van der Waals surface area contributed by atoms with Crippen molar-refractivity contribution in [3.05, 3.63) is 71.9 Å². The molecule has 1 saturated heterocycles. The zero-order valence-corrected chi connectivity index (χ0v) is 21.1. The van der Waals surface area contributed by atoms with Crippen LogP contribution in [0, 0.1) is 17.8 Å². The third-order valence-electron chi connectivity index (χ3n) is 7.23. The number of rotatable bonds is 4. The fraction of sp³-hybridized carbons (Fsp3) is 0.250. The molecule has 40 heavy (non-hydrogen) atoms. The van der Waals surface area contributed by atoms with Gasteiger partial charge >= 0.3 is 6.18 Å². The van der Waals surface area contributed by atoms with E-state index in [0.717, 1.165) is 31.2 Å². The number of benzene rings is 1. The molecule has 1 saturated carbocycles. The first kappa shape index (κ1) is 25.4. The van der Waals surface area contributed by atoms with Gasteiger partial charge in [0.2, 0.25) is 0 Å². The van der Waals surface area contributed by atoms with Crippen molar-refractivity contribution in [2.75, 3.05) is 11.1 Å². The van der Waals surface area contributed by atoms with E-state index in [1.807, 2.05) is 9.30 Å². The van der Waals surface area contributed by atoms with Gasteiger partial charge in [0.1, 0.15) is 28.7 Å². The number of hydrogen-bond donors (Lipinski definition) is 2. The highest BCUT2D eigenvalue weighted by atomic mass is 19.4. The van der Waals surface area contributed by atoms with Gasteiger partial charge in [-0.15, -0.1) is 0 Å². The lowest BCUT2D eigenvalue weighted by Crippen LogP contribution is -2.33. The summed E-state index contributed by atoms with van der Waals surface area (Å²) in [4.78, 5) is 40.3. The van der Waals surface area contributed by atoms with Crippen LogP contribution in [0.15, 0.2) is 55.0 Å². The highest BCUT2D eigenvalue weighted by Gasteiger charge is 2.55. The van der Waals surface area contributed by atoms with E-state index in [9.17, 15) is 22.8 Å². The molecule has 202 valence electrons. The topological polar surface area (TPSA) is 119 Å². The summed E-state index contributed by atoms with van der Waals surface area (Å²) in [6.45, 7) is 1.63. The highest BCUT2D eigenvalue weighted by molar-refractivity contribution is 6.04. The molecule has 4 heterocycles. The number of carbonyl (C=O) groups excluding carboxylic acids is 2. The Morgan fingerprint density at radius 1 is 1.10 bits per heavy atom. The number of aromatic nitrogens is 4. The molecule has 2 aliphatic rings. The number of amides is 2. The van der Waals surface area contributed by atoms with Crippen LogP contribution in [-0.4, -0.2) is 42.1 Å². The molecular formula is C28H22F3N7O2. The van der Waals surface area contributed by atoms with E-state index in [4.69, 9.17) is 10.7 Å². The summed E-state index contributed by atoms with van der Waals surface area (Å²) in [6.07, 6.45) is 1.47. The van der Waals surface area contributed by atoms with Gasteiger partial charge in [0, 0.05) is 35.8 Å². The van der Waals surface area contributed by atoms with Crippen molar-refractivity contribution in [1.82, 2.24) is 24.3 Å². The van der Waals surface area contributed by atoms with Gasteiger partial charge in [-0.3, -0.25) is 14.0 Å². The predicted molar refractivity (Wildman–Crippen MR) is 140 cm³/mol. The second-order valence-electron chi connectivity index (χ2n) is 9.71. The lowest BCUT2D eigenvalue weighted by Gasteiger charge is -2.24. The molecule has 3 N–H and O–H groups in total.